The Morgan fingerprint density at radius 3 is 2.76 bits per heavy atom. The fourth-order valence-corrected chi connectivity index (χ4v) is 3.22. The minimum Gasteiger partial charge on any atom is -0.258 e. The van der Waals surface area contributed by atoms with Crippen LogP contribution in [0.2, 0.25) is 0 Å². The molecule has 0 N–H and O–H groups in total. The largest absolute Gasteiger partial charge is 0.280 e. The van der Waals surface area contributed by atoms with Gasteiger partial charge in [-0.2, -0.15) is 0 Å². The molecule has 0 saturated heterocycles. The van der Waals surface area contributed by atoms with Gasteiger partial charge in [0.15, 0.2) is 0 Å². The van der Waals surface area contributed by atoms with Crippen molar-refractivity contribution in [2.75, 3.05) is 0 Å². The lowest BCUT2D eigenvalue weighted by molar-refractivity contribution is -0.385. The Kier molecular flexibility index (Phi) is 2.28. The van der Waals surface area contributed by atoms with Gasteiger partial charge in [-0.1, -0.05) is 12.1 Å². The maximum absolute atomic E-state index is 11.4. The molecule has 1 aromatic carbocycles. The number of rotatable bonds is 1. The van der Waals surface area contributed by atoms with Crippen molar-refractivity contribution in [3.63, 3.8) is 0 Å². The first-order valence-electron chi connectivity index (χ1n) is 6.20. The van der Waals surface area contributed by atoms with Gasteiger partial charge < -0.3 is 0 Å². The molecule has 0 bridgehead atoms. The Balaban J connectivity index is 2.33. The van der Waals surface area contributed by atoms with E-state index in [1.807, 2.05) is 13.0 Å². The van der Waals surface area contributed by atoms with Crippen LogP contribution in [-0.4, -0.2) is 4.92 Å². The number of fused-ring (bicyclic) bond motifs is 2. The maximum atomic E-state index is 11.4. The fraction of sp³-hybridized carbons (Fsp3) is 0.429. The minimum atomic E-state index is -0.169. The first-order chi connectivity index (χ1) is 8.22. The molecule has 0 saturated carbocycles. The molecule has 17 heavy (non-hydrogen) atoms. The highest BCUT2D eigenvalue weighted by Gasteiger charge is 2.32. The summed E-state index contributed by atoms with van der Waals surface area (Å²) in [5.74, 6) is 0. The number of hydrogen-bond donors (Lipinski definition) is 0. The molecule has 3 rings (SSSR count). The quantitative estimate of drug-likeness (QED) is 0.547. The van der Waals surface area contributed by atoms with Gasteiger partial charge in [0.2, 0.25) is 0 Å². The van der Waals surface area contributed by atoms with Gasteiger partial charge in [0.25, 0.3) is 5.69 Å². The third-order valence-corrected chi connectivity index (χ3v) is 3.97. The molecule has 0 spiro atoms. The zero-order valence-electron chi connectivity index (χ0n) is 9.95. The van der Waals surface area contributed by atoms with Gasteiger partial charge in [0, 0.05) is 5.56 Å². The highest BCUT2D eigenvalue weighted by Crippen LogP contribution is 2.44. The zero-order chi connectivity index (χ0) is 12.0. The van der Waals surface area contributed by atoms with E-state index in [1.165, 1.54) is 11.1 Å². The van der Waals surface area contributed by atoms with Crippen LogP contribution < -0.4 is 0 Å². The van der Waals surface area contributed by atoms with Crippen LogP contribution in [-0.2, 0) is 19.3 Å². The summed E-state index contributed by atoms with van der Waals surface area (Å²) in [7, 11) is 0. The molecule has 1 aromatic rings. The van der Waals surface area contributed by atoms with Gasteiger partial charge in [-0.15, -0.1) is 0 Å². The van der Waals surface area contributed by atoms with Crippen LogP contribution in [0.3, 0.4) is 0 Å². The molecule has 2 aliphatic carbocycles. The van der Waals surface area contributed by atoms with Gasteiger partial charge in [0.05, 0.1) is 10.5 Å². The normalized spacial score (nSPS) is 19.5. The lowest BCUT2D eigenvalue weighted by Crippen LogP contribution is -2.00. The monoisotopic (exact) mass is 229 g/mol. The summed E-state index contributed by atoms with van der Waals surface area (Å²) in [4.78, 5) is 11.2. The van der Waals surface area contributed by atoms with Crippen molar-refractivity contribution in [1.29, 1.82) is 0 Å². The second-order valence-corrected chi connectivity index (χ2v) is 4.82. The molecular formula is C14H15NO2. The van der Waals surface area contributed by atoms with Crippen LogP contribution in [0.25, 0.3) is 5.57 Å². The van der Waals surface area contributed by atoms with Crippen molar-refractivity contribution < 1.29 is 4.92 Å². The molecule has 3 nitrogen and oxygen atoms in total. The summed E-state index contributed by atoms with van der Waals surface area (Å²) in [5, 5.41) is 11.4. The lowest BCUT2D eigenvalue weighted by atomic mass is 9.97. The van der Waals surface area contributed by atoms with Gasteiger partial charge in [0.1, 0.15) is 0 Å². The van der Waals surface area contributed by atoms with Crippen LogP contribution in [0.15, 0.2) is 12.1 Å². The third-order valence-electron chi connectivity index (χ3n) is 3.97. The molecule has 0 aliphatic heterocycles. The average molecular weight is 229 g/mol. The van der Waals surface area contributed by atoms with E-state index in [1.54, 1.807) is 0 Å². The van der Waals surface area contributed by atoms with E-state index in [0.717, 1.165) is 48.8 Å². The van der Waals surface area contributed by atoms with Crippen molar-refractivity contribution in [2.45, 2.75) is 39.0 Å². The minimum absolute atomic E-state index is 0.169. The van der Waals surface area contributed by atoms with E-state index < -0.39 is 0 Å². The zero-order valence-corrected chi connectivity index (χ0v) is 9.95. The van der Waals surface area contributed by atoms with Crippen LogP contribution in [0.5, 0.6) is 0 Å². The number of allylic oxidation sites excluding steroid dienone is 2. The molecular weight excluding hydrogens is 214 g/mol. The van der Waals surface area contributed by atoms with Crippen molar-refractivity contribution in [1.82, 2.24) is 0 Å². The highest BCUT2D eigenvalue weighted by atomic mass is 16.6. The average Bonchev–Trinajstić information content (AvgIpc) is 2.90. The van der Waals surface area contributed by atoms with E-state index in [9.17, 15) is 10.1 Å². The highest BCUT2D eigenvalue weighted by molar-refractivity contribution is 5.81. The Morgan fingerprint density at radius 1 is 1.24 bits per heavy atom. The van der Waals surface area contributed by atoms with E-state index in [4.69, 9.17) is 0 Å². The van der Waals surface area contributed by atoms with E-state index in [2.05, 4.69) is 6.07 Å². The number of aryl methyl sites for hydroxylation is 2. The van der Waals surface area contributed by atoms with Crippen LogP contribution in [0.1, 0.15) is 42.0 Å². The molecule has 0 aromatic heterocycles. The Hall–Kier alpha value is -1.64. The molecule has 0 heterocycles. The van der Waals surface area contributed by atoms with Gasteiger partial charge >= 0.3 is 0 Å². The Bertz CT molecular complexity index is 544. The van der Waals surface area contributed by atoms with Crippen molar-refractivity contribution in [2.24, 2.45) is 0 Å². The lowest BCUT2D eigenvalue weighted by Gasteiger charge is -2.08. The van der Waals surface area contributed by atoms with Gasteiger partial charge in [-0.25, -0.2) is 0 Å². The predicted octanol–water partition coefficient (Wildman–Crippen LogP) is 3.43. The third kappa shape index (κ3) is 1.42. The molecule has 0 radical (unpaired) electrons. The summed E-state index contributed by atoms with van der Waals surface area (Å²) in [6.45, 7) is 1.97. The van der Waals surface area contributed by atoms with Crippen LogP contribution in [0, 0.1) is 10.1 Å². The number of nitro groups is 1. The van der Waals surface area contributed by atoms with Gasteiger partial charge in [-0.3, -0.25) is 10.1 Å². The van der Waals surface area contributed by atoms with Crippen LogP contribution in [0.4, 0.5) is 5.69 Å². The molecule has 3 heteroatoms. The first kappa shape index (κ1) is 10.5. The molecule has 0 atom stereocenters. The standard InChI is InChI=1S/C14H15NO2/c1-2-9-6-7-11-8-10-4-3-5-12(10)14(13(9)11)15(16)17/h2,8H,3-7H2,1H3. The first-order valence-corrected chi connectivity index (χ1v) is 6.20. The second-order valence-electron chi connectivity index (χ2n) is 4.82. The van der Waals surface area contributed by atoms with Crippen molar-refractivity contribution in [3.05, 3.63) is 44.5 Å². The van der Waals surface area contributed by atoms with E-state index in [0.29, 0.717) is 5.69 Å². The summed E-state index contributed by atoms with van der Waals surface area (Å²) in [6, 6.07) is 2.21. The number of benzene rings is 1. The van der Waals surface area contributed by atoms with Crippen LogP contribution >= 0.6 is 0 Å². The summed E-state index contributed by atoms with van der Waals surface area (Å²) in [5.41, 5.74) is 5.88. The predicted molar refractivity (Wildman–Crippen MR) is 67.1 cm³/mol. The summed E-state index contributed by atoms with van der Waals surface area (Å²) >= 11 is 0. The van der Waals surface area contributed by atoms with Crippen molar-refractivity contribution in [3.8, 4) is 0 Å². The number of nitro benzene ring substituents is 1. The van der Waals surface area contributed by atoms with Crippen molar-refractivity contribution >= 4 is 11.3 Å². The molecule has 0 unspecified atom stereocenters. The smallest absolute Gasteiger partial charge is 0.258 e. The molecule has 2 aliphatic rings. The SMILES string of the molecule is CC=C1CCc2cc3c(c([N+](=O)[O-])c21)CCC3. The summed E-state index contributed by atoms with van der Waals surface area (Å²) in [6.07, 6.45) is 6.88. The fourth-order valence-electron chi connectivity index (χ4n) is 3.22. The van der Waals surface area contributed by atoms with E-state index >= 15 is 0 Å². The van der Waals surface area contributed by atoms with Gasteiger partial charge in [-0.05, 0) is 55.7 Å². The number of hydrogen-bond acceptors (Lipinski definition) is 2. The summed E-state index contributed by atoms with van der Waals surface area (Å²) < 4.78 is 0. The molecule has 0 amide bonds. The Labute approximate surface area is 100 Å². The number of nitrogens with zero attached hydrogens (tertiary/aromatic N) is 1. The maximum Gasteiger partial charge on any atom is 0.280 e. The second kappa shape index (κ2) is 3.69. The topological polar surface area (TPSA) is 43.1 Å². The van der Waals surface area contributed by atoms with E-state index in [-0.39, 0.29) is 4.92 Å². The Morgan fingerprint density at radius 2 is 2.06 bits per heavy atom. The molecule has 0 fully saturated rings. The molecule has 88 valence electrons.